The van der Waals surface area contributed by atoms with Crippen LogP contribution in [0.25, 0.3) is 0 Å². The third-order valence-electron chi connectivity index (χ3n) is 5.52. The molecule has 1 aromatic rings. The van der Waals surface area contributed by atoms with Crippen LogP contribution in [-0.2, 0) is 16.0 Å². The summed E-state index contributed by atoms with van der Waals surface area (Å²) in [7, 11) is 3.53. The van der Waals surface area contributed by atoms with Crippen molar-refractivity contribution in [3.63, 3.8) is 0 Å². The SMILES string of the molecule is COc1cccc(CC(=O)N2CCCC3(CCCC(=O)N3C)C2)c1. The monoisotopic (exact) mass is 330 g/mol. The van der Waals surface area contributed by atoms with Crippen LogP contribution in [0.2, 0.25) is 0 Å². The lowest BCUT2D eigenvalue weighted by atomic mass is 9.80. The van der Waals surface area contributed by atoms with Gasteiger partial charge in [0, 0.05) is 26.6 Å². The van der Waals surface area contributed by atoms with Crippen molar-refractivity contribution in [2.24, 2.45) is 0 Å². The van der Waals surface area contributed by atoms with E-state index in [1.54, 1.807) is 7.11 Å². The number of benzene rings is 1. The zero-order chi connectivity index (χ0) is 17.2. The molecule has 5 heteroatoms. The Balaban J connectivity index is 1.70. The minimum Gasteiger partial charge on any atom is -0.497 e. The van der Waals surface area contributed by atoms with E-state index >= 15 is 0 Å². The Morgan fingerprint density at radius 3 is 2.88 bits per heavy atom. The molecule has 0 bridgehead atoms. The Kier molecular flexibility index (Phi) is 4.78. The number of rotatable bonds is 3. The van der Waals surface area contributed by atoms with Gasteiger partial charge in [0.1, 0.15) is 5.75 Å². The Morgan fingerprint density at radius 1 is 1.29 bits per heavy atom. The van der Waals surface area contributed by atoms with Gasteiger partial charge in [0.25, 0.3) is 0 Å². The molecule has 130 valence electrons. The number of methoxy groups -OCH3 is 1. The third kappa shape index (κ3) is 3.25. The van der Waals surface area contributed by atoms with Crippen LogP contribution in [0.5, 0.6) is 5.75 Å². The van der Waals surface area contributed by atoms with Gasteiger partial charge in [0.15, 0.2) is 0 Å². The largest absolute Gasteiger partial charge is 0.497 e. The van der Waals surface area contributed by atoms with E-state index in [0.717, 1.165) is 43.5 Å². The quantitative estimate of drug-likeness (QED) is 0.854. The van der Waals surface area contributed by atoms with Crippen LogP contribution in [0.4, 0.5) is 0 Å². The highest BCUT2D eigenvalue weighted by molar-refractivity contribution is 5.80. The van der Waals surface area contributed by atoms with Crippen molar-refractivity contribution in [1.82, 2.24) is 9.80 Å². The summed E-state index contributed by atoms with van der Waals surface area (Å²) in [5.74, 6) is 1.12. The highest BCUT2D eigenvalue weighted by Gasteiger charge is 2.44. The average molecular weight is 330 g/mol. The Morgan fingerprint density at radius 2 is 2.08 bits per heavy atom. The molecule has 2 aliphatic rings. The summed E-state index contributed by atoms with van der Waals surface area (Å²) in [6.45, 7) is 1.45. The number of likely N-dealkylation sites (N-methyl/N-ethyl adjacent to an activating group) is 1. The molecule has 1 aromatic carbocycles. The molecule has 2 heterocycles. The van der Waals surface area contributed by atoms with Crippen LogP contribution in [0, 0.1) is 0 Å². The van der Waals surface area contributed by atoms with Crippen LogP contribution in [0.1, 0.15) is 37.7 Å². The maximum atomic E-state index is 12.8. The first-order chi connectivity index (χ1) is 11.5. The van der Waals surface area contributed by atoms with E-state index < -0.39 is 0 Å². The number of hydrogen-bond donors (Lipinski definition) is 0. The van der Waals surface area contributed by atoms with Gasteiger partial charge in [-0.05, 0) is 43.4 Å². The molecule has 2 saturated heterocycles. The number of ether oxygens (including phenoxy) is 1. The molecule has 1 spiro atoms. The van der Waals surface area contributed by atoms with Crippen LogP contribution >= 0.6 is 0 Å². The number of carbonyl (C=O) groups is 2. The molecule has 5 nitrogen and oxygen atoms in total. The summed E-state index contributed by atoms with van der Waals surface area (Å²) >= 11 is 0. The van der Waals surface area contributed by atoms with Gasteiger partial charge in [-0.3, -0.25) is 9.59 Å². The second-order valence-corrected chi connectivity index (χ2v) is 6.98. The number of carbonyl (C=O) groups excluding carboxylic acids is 2. The maximum Gasteiger partial charge on any atom is 0.227 e. The van der Waals surface area contributed by atoms with E-state index in [0.29, 0.717) is 19.4 Å². The predicted molar refractivity (Wildman–Crippen MR) is 91.9 cm³/mol. The molecule has 0 radical (unpaired) electrons. The standard InChI is InChI=1S/C19H26N2O3/c1-20-17(22)8-4-9-19(20)10-5-11-21(14-19)18(23)13-15-6-3-7-16(12-15)24-2/h3,6-7,12H,4-5,8-11,13-14H2,1-2H3. The number of amides is 2. The van der Waals surface area contributed by atoms with Gasteiger partial charge in [0.2, 0.25) is 11.8 Å². The highest BCUT2D eigenvalue weighted by atomic mass is 16.5. The van der Waals surface area contributed by atoms with E-state index in [4.69, 9.17) is 4.74 Å². The van der Waals surface area contributed by atoms with Crippen molar-refractivity contribution < 1.29 is 14.3 Å². The summed E-state index contributed by atoms with van der Waals surface area (Å²) in [6.07, 6.45) is 4.90. The number of likely N-dealkylation sites (tertiary alicyclic amines) is 2. The van der Waals surface area contributed by atoms with Crippen molar-refractivity contribution in [3.05, 3.63) is 29.8 Å². The van der Waals surface area contributed by atoms with E-state index in [1.165, 1.54) is 0 Å². The molecule has 1 atom stereocenters. The molecule has 3 rings (SSSR count). The molecule has 2 amide bonds. The molecule has 1 unspecified atom stereocenters. The first-order valence-electron chi connectivity index (χ1n) is 8.71. The normalized spacial score (nSPS) is 24.3. The van der Waals surface area contributed by atoms with Gasteiger partial charge in [-0.1, -0.05) is 12.1 Å². The zero-order valence-electron chi connectivity index (χ0n) is 14.6. The van der Waals surface area contributed by atoms with Gasteiger partial charge in [-0.15, -0.1) is 0 Å². The fraction of sp³-hybridized carbons (Fsp3) is 0.579. The minimum absolute atomic E-state index is 0.133. The first-order valence-corrected chi connectivity index (χ1v) is 8.71. The Hall–Kier alpha value is -2.04. The van der Waals surface area contributed by atoms with Gasteiger partial charge < -0.3 is 14.5 Å². The summed E-state index contributed by atoms with van der Waals surface area (Å²) in [5, 5.41) is 0. The predicted octanol–water partition coefficient (Wildman–Crippen LogP) is 2.24. The van der Waals surface area contributed by atoms with Crippen molar-refractivity contribution in [3.8, 4) is 5.75 Å². The molecule has 0 saturated carbocycles. The van der Waals surface area contributed by atoms with Crippen LogP contribution in [0.15, 0.2) is 24.3 Å². The van der Waals surface area contributed by atoms with Gasteiger partial charge in [-0.2, -0.15) is 0 Å². The average Bonchev–Trinajstić information content (AvgIpc) is 2.60. The third-order valence-corrected chi connectivity index (χ3v) is 5.52. The molecular weight excluding hydrogens is 304 g/mol. The van der Waals surface area contributed by atoms with E-state index in [-0.39, 0.29) is 17.4 Å². The Bertz CT molecular complexity index is 627. The lowest BCUT2D eigenvalue weighted by molar-refractivity contribution is -0.148. The molecule has 2 fully saturated rings. The summed E-state index contributed by atoms with van der Waals surface area (Å²) in [6, 6.07) is 7.66. The molecule has 0 aromatic heterocycles. The fourth-order valence-electron chi connectivity index (χ4n) is 4.04. The first kappa shape index (κ1) is 16.8. The van der Waals surface area contributed by atoms with Crippen LogP contribution in [0.3, 0.4) is 0 Å². The van der Waals surface area contributed by atoms with Crippen LogP contribution in [-0.4, -0.2) is 54.4 Å². The molecule has 0 N–H and O–H groups in total. The van der Waals surface area contributed by atoms with E-state index in [1.807, 2.05) is 41.1 Å². The summed E-state index contributed by atoms with van der Waals surface area (Å²) < 4.78 is 5.23. The molecule has 0 aliphatic carbocycles. The van der Waals surface area contributed by atoms with Gasteiger partial charge in [0.05, 0.1) is 19.1 Å². The van der Waals surface area contributed by atoms with Gasteiger partial charge >= 0.3 is 0 Å². The van der Waals surface area contributed by atoms with E-state index in [9.17, 15) is 9.59 Å². The topological polar surface area (TPSA) is 49.9 Å². The van der Waals surface area contributed by atoms with E-state index in [2.05, 4.69) is 0 Å². The van der Waals surface area contributed by atoms with Crippen molar-refractivity contribution in [2.45, 2.75) is 44.1 Å². The molecule has 24 heavy (non-hydrogen) atoms. The maximum absolute atomic E-state index is 12.8. The smallest absolute Gasteiger partial charge is 0.227 e. The van der Waals surface area contributed by atoms with Crippen molar-refractivity contribution in [1.29, 1.82) is 0 Å². The minimum atomic E-state index is -0.155. The lowest BCUT2D eigenvalue weighted by Crippen LogP contribution is -2.61. The second kappa shape index (κ2) is 6.83. The number of nitrogens with zero attached hydrogens (tertiary/aromatic N) is 2. The Labute approximate surface area is 143 Å². The lowest BCUT2D eigenvalue weighted by Gasteiger charge is -2.50. The fourth-order valence-corrected chi connectivity index (χ4v) is 4.04. The summed E-state index contributed by atoms with van der Waals surface area (Å²) in [5.41, 5.74) is 0.810. The van der Waals surface area contributed by atoms with Gasteiger partial charge in [-0.25, -0.2) is 0 Å². The second-order valence-electron chi connectivity index (χ2n) is 6.98. The molecule has 2 aliphatic heterocycles. The van der Waals surface area contributed by atoms with Crippen molar-refractivity contribution in [2.75, 3.05) is 27.2 Å². The summed E-state index contributed by atoms with van der Waals surface area (Å²) in [4.78, 5) is 28.7. The zero-order valence-corrected chi connectivity index (χ0v) is 14.6. The number of hydrogen-bond acceptors (Lipinski definition) is 3. The van der Waals surface area contributed by atoms with Crippen LogP contribution < -0.4 is 4.74 Å². The highest BCUT2D eigenvalue weighted by Crippen LogP contribution is 2.35. The van der Waals surface area contributed by atoms with Crippen molar-refractivity contribution >= 4 is 11.8 Å². The number of piperidine rings is 2. The molecular formula is C19H26N2O3.